The first-order valence-corrected chi connectivity index (χ1v) is 8.82. The van der Waals surface area contributed by atoms with Crippen LogP contribution in [0.25, 0.3) is 0 Å². The lowest BCUT2D eigenvalue weighted by atomic mass is 9.41. The number of hydrogen-bond donors (Lipinski definition) is 0. The predicted molar refractivity (Wildman–Crippen MR) is 80.0 cm³/mol. The highest BCUT2D eigenvalue weighted by Gasteiger charge is 2.60. The van der Waals surface area contributed by atoms with E-state index in [-0.39, 0.29) is 5.41 Å². The number of likely N-dealkylation sites (tertiary alicyclic amines) is 1. The van der Waals surface area contributed by atoms with E-state index in [1.54, 1.807) is 0 Å². The van der Waals surface area contributed by atoms with Crippen molar-refractivity contribution in [1.29, 1.82) is 5.26 Å². The Morgan fingerprint density at radius 2 is 1.50 bits per heavy atom. The summed E-state index contributed by atoms with van der Waals surface area (Å²) in [6, 6.07) is 2.89. The molecule has 0 aromatic carbocycles. The van der Waals surface area contributed by atoms with Crippen LogP contribution < -0.4 is 0 Å². The summed E-state index contributed by atoms with van der Waals surface area (Å²) >= 11 is 0. The van der Waals surface area contributed by atoms with Gasteiger partial charge in [0.05, 0.1) is 11.5 Å². The lowest BCUT2D eigenvalue weighted by molar-refractivity contribution is -0.127. The topological polar surface area (TPSA) is 27.0 Å². The first-order valence-electron chi connectivity index (χ1n) is 8.82. The SMILES string of the molecule is CCN1CCC(C#N)(C23CC4CC(CC(C4)C2)C3)CC1. The number of nitrogens with zero attached hydrogens (tertiary/aromatic N) is 2. The third-order valence-corrected chi connectivity index (χ3v) is 7.42. The fourth-order valence-electron chi connectivity index (χ4n) is 6.71. The minimum Gasteiger partial charge on any atom is -0.303 e. The third kappa shape index (κ3) is 1.72. The highest BCUT2D eigenvalue weighted by molar-refractivity contribution is 5.17. The highest BCUT2D eigenvalue weighted by atomic mass is 15.1. The Morgan fingerprint density at radius 3 is 1.90 bits per heavy atom. The molecule has 5 aliphatic rings. The molecule has 2 nitrogen and oxygen atoms in total. The fraction of sp³-hybridized carbons (Fsp3) is 0.944. The number of rotatable bonds is 2. The van der Waals surface area contributed by atoms with Gasteiger partial charge in [-0.25, -0.2) is 0 Å². The molecule has 1 saturated heterocycles. The Labute approximate surface area is 123 Å². The summed E-state index contributed by atoms with van der Waals surface area (Å²) in [5, 5.41) is 10.1. The maximum Gasteiger partial charge on any atom is 0.0696 e. The molecule has 0 atom stereocenters. The summed E-state index contributed by atoms with van der Waals surface area (Å²) < 4.78 is 0. The first-order chi connectivity index (χ1) is 9.68. The highest BCUT2D eigenvalue weighted by Crippen LogP contribution is 2.67. The average molecular weight is 272 g/mol. The Morgan fingerprint density at radius 1 is 1.00 bits per heavy atom. The van der Waals surface area contributed by atoms with Crippen LogP contribution in [0.3, 0.4) is 0 Å². The second-order valence-corrected chi connectivity index (χ2v) is 8.33. The zero-order chi connectivity index (χ0) is 13.8. The molecule has 0 aromatic rings. The van der Waals surface area contributed by atoms with Crippen LogP contribution in [0, 0.1) is 39.9 Å². The van der Waals surface area contributed by atoms with Crippen molar-refractivity contribution >= 4 is 0 Å². The average Bonchev–Trinajstić information content (AvgIpc) is 2.46. The van der Waals surface area contributed by atoms with E-state index < -0.39 is 0 Å². The van der Waals surface area contributed by atoms with Crippen molar-refractivity contribution < 1.29 is 0 Å². The van der Waals surface area contributed by atoms with Crippen LogP contribution in [0.4, 0.5) is 0 Å². The minimum absolute atomic E-state index is 0.0225. The van der Waals surface area contributed by atoms with Crippen molar-refractivity contribution in [3.8, 4) is 6.07 Å². The Hall–Kier alpha value is -0.550. The van der Waals surface area contributed by atoms with E-state index in [0.717, 1.165) is 50.2 Å². The smallest absolute Gasteiger partial charge is 0.0696 e. The molecule has 0 amide bonds. The van der Waals surface area contributed by atoms with Crippen molar-refractivity contribution in [3.05, 3.63) is 0 Å². The van der Waals surface area contributed by atoms with Crippen molar-refractivity contribution in [2.24, 2.45) is 28.6 Å². The molecule has 0 N–H and O–H groups in total. The fourth-order valence-corrected chi connectivity index (χ4v) is 6.71. The lowest BCUT2D eigenvalue weighted by Crippen LogP contribution is -2.57. The maximum atomic E-state index is 10.1. The van der Waals surface area contributed by atoms with Gasteiger partial charge in [0.2, 0.25) is 0 Å². The second-order valence-electron chi connectivity index (χ2n) is 8.33. The molecule has 20 heavy (non-hydrogen) atoms. The monoisotopic (exact) mass is 272 g/mol. The van der Waals surface area contributed by atoms with Crippen molar-refractivity contribution in [2.45, 2.75) is 58.3 Å². The van der Waals surface area contributed by atoms with E-state index in [0.29, 0.717) is 5.41 Å². The molecular weight excluding hydrogens is 244 g/mol. The van der Waals surface area contributed by atoms with E-state index in [1.165, 1.54) is 38.5 Å². The summed E-state index contributed by atoms with van der Waals surface area (Å²) in [7, 11) is 0. The molecule has 1 aliphatic heterocycles. The lowest BCUT2D eigenvalue weighted by Gasteiger charge is -2.63. The van der Waals surface area contributed by atoms with Crippen LogP contribution in [0.5, 0.6) is 0 Å². The van der Waals surface area contributed by atoms with Crippen LogP contribution in [0.1, 0.15) is 58.3 Å². The van der Waals surface area contributed by atoms with Gasteiger partial charge in [0, 0.05) is 0 Å². The molecule has 4 bridgehead atoms. The maximum absolute atomic E-state index is 10.1. The van der Waals surface area contributed by atoms with Gasteiger partial charge < -0.3 is 4.90 Å². The number of nitriles is 1. The molecule has 110 valence electrons. The molecular formula is C18H28N2. The van der Waals surface area contributed by atoms with Gasteiger partial charge in [0.15, 0.2) is 0 Å². The zero-order valence-corrected chi connectivity index (χ0v) is 12.9. The van der Waals surface area contributed by atoms with Crippen molar-refractivity contribution in [2.75, 3.05) is 19.6 Å². The molecule has 0 unspecified atom stereocenters. The van der Waals surface area contributed by atoms with Gasteiger partial charge >= 0.3 is 0 Å². The molecule has 0 aromatic heterocycles. The van der Waals surface area contributed by atoms with Gasteiger partial charge in [0.1, 0.15) is 0 Å². The number of hydrogen-bond acceptors (Lipinski definition) is 2. The summed E-state index contributed by atoms with van der Waals surface area (Å²) in [4.78, 5) is 2.54. The third-order valence-electron chi connectivity index (χ3n) is 7.42. The minimum atomic E-state index is 0.0225. The molecule has 0 radical (unpaired) electrons. The van der Waals surface area contributed by atoms with Gasteiger partial charge in [-0.2, -0.15) is 5.26 Å². The summed E-state index contributed by atoms with van der Waals surface area (Å²) in [5.41, 5.74) is 0.436. The standard InChI is InChI=1S/C18H28N2/c1-2-20-5-3-17(13-19,4-6-20)18-10-14-7-15(11-18)9-16(8-14)12-18/h14-16H,2-12H2,1H3. The van der Waals surface area contributed by atoms with E-state index in [2.05, 4.69) is 17.9 Å². The summed E-state index contributed by atoms with van der Waals surface area (Å²) in [6.45, 7) is 5.73. The van der Waals surface area contributed by atoms with Crippen molar-refractivity contribution in [1.82, 2.24) is 4.90 Å². The van der Waals surface area contributed by atoms with Crippen molar-refractivity contribution in [3.63, 3.8) is 0 Å². The van der Waals surface area contributed by atoms with E-state index in [4.69, 9.17) is 0 Å². The molecule has 2 heteroatoms. The summed E-state index contributed by atoms with van der Waals surface area (Å²) in [5.74, 6) is 2.90. The van der Waals surface area contributed by atoms with E-state index in [1.807, 2.05) is 0 Å². The van der Waals surface area contributed by atoms with Crippen LogP contribution >= 0.6 is 0 Å². The first kappa shape index (κ1) is 13.1. The van der Waals surface area contributed by atoms with E-state index >= 15 is 0 Å². The van der Waals surface area contributed by atoms with Gasteiger partial charge in [-0.3, -0.25) is 0 Å². The molecule has 4 saturated carbocycles. The summed E-state index contributed by atoms with van der Waals surface area (Å²) in [6.07, 6.45) is 10.9. The van der Waals surface area contributed by atoms with Gasteiger partial charge in [-0.15, -0.1) is 0 Å². The van der Waals surface area contributed by atoms with E-state index in [9.17, 15) is 5.26 Å². The molecule has 0 spiro atoms. The molecule has 5 rings (SSSR count). The predicted octanol–water partition coefficient (Wildman–Crippen LogP) is 3.83. The van der Waals surface area contributed by atoms with Crippen LogP contribution in [-0.4, -0.2) is 24.5 Å². The van der Waals surface area contributed by atoms with Crippen LogP contribution in [0.15, 0.2) is 0 Å². The van der Waals surface area contributed by atoms with Gasteiger partial charge in [-0.1, -0.05) is 6.92 Å². The normalized spacial score (nSPS) is 46.3. The van der Waals surface area contributed by atoms with Crippen LogP contribution in [0.2, 0.25) is 0 Å². The van der Waals surface area contributed by atoms with Gasteiger partial charge in [0.25, 0.3) is 0 Å². The Kier molecular flexibility index (Phi) is 2.94. The quantitative estimate of drug-likeness (QED) is 0.764. The molecule has 5 fully saturated rings. The zero-order valence-electron chi connectivity index (χ0n) is 12.9. The largest absolute Gasteiger partial charge is 0.303 e. The molecule has 4 aliphatic carbocycles. The second kappa shape index (κ2) is 4.47. The number of piperidine rings is 1. The van der Waals surface area contributed by atoms with Crippen LogP contribution in [-0.2, 0) is 0 Å². The van der Waals surface area contributed by atoms with Gasteiger partial charge in [-0.05, 0) is 94.2 Å². The molecule has 1 heterocycles. The Bertz CT molecular complexity index is 390. The Balaban J connectivity index is 1.63.